The molecule has 0 aliphatic carbocycles. The molecule has 0 saturated carbocycles. The van der Waals surface area contributed by atoms with Gasteiger partial charge in [0.2, 0.25) is 0 Å². The third kappa shape index (κ3) is 2.74. The predicted molar refractivity (Wildman–Crippen MR) is 65.5 cm³/mol. The molecule has 2 aliphatic heterocycles. The molecule has 2 N–H and O–H groups in total. The van der Waals surface area contributed by atoms with Crippen molar-refractivity contribution in [2.45, 2.75) is 37.4 Å². The zero-order valence-corrected chi connectivity index (χ0v) is 10.6. The Morgan fingerprint density at radius 1 is 1.44 bits per heavy atom. The molecule has 0 spiro atoms. The summed E-state index contributed by atoms with van der Waals surface area (Å²) in [5, 5.41) is 0. The molecular weight excluding hydrogens is 202 g/mol. The van der Waals surface area contributed by atoms with E-state index in [-0.39, 0.29) is 6.04 Å². The summed E-state index contributed by atoms with van der Waals surface area (Å²) < 4.78 is 5.53. The molecule has 3 unspecified atom stereocenters. The zero-order chi connectivity index (χ0) is 11.5. The van der Waals surface area contributed by atoms with Crippen LogP contribution in [-0.2, 0) is 4.74 Å². The lowest BCUT2D eigenvalue weighted by Gasteiger charge is -2.37. The minimum atomic E-state index is 0.283. The number of likely N-dealkylation sites (tertiary alicyclic amines) is 1. The van der Waals surface area contributed by atoms with Crippen LogP contribution in [-0.4, -0.2) is 68.3 Å². The molecule has 16 heavy (non-hydrogen) atoms. The highest BCUT2D eigenvalue weighted by molar-refractivity contribution is 4.87. The van der Waals surface area contributed by atoms with Crippen molar-refractivity contribution in [2.75, 3.05) is 40.4 Å². The molecule has 4 nitrogen and oxygen atoms in total. The number of nitrogens with zero attached hydrogens (tertiary/aromatic N) is 2. The Kier molecular flexibility index (Phi) is 4.19. The molecule has 0 aromatic rings. The summed E-state index contributed by atoms with van der Waals surface area (Å²) in [7, 11) is 4.41. The predicted octanol–water partition coefficient (Wildman–Crippen LogP) is 0.129. The van der Waals surface area contributed by atoms with Crippen LogP contribution in [0.1, 0.15) is 19.3 Å². The van der Waals surface area contributed by atoms with Crippen LogP contribution in [0.25, 0.3) is 0 Å². The van der Waals surface area contributed by atoms with Crippen LogP contribution in [0, 0.1) is 0 Å². The number of hydrogen-bond donors (Lipinski definition) is 1. The van der Waals surface area contributed by atoms with E-state index >= 15 is 0 Å². The highest BCUT2D eigenvalue weighted by Crippen LogP contribution is 2.18. The fourth-order valence-electron chi connectivity index (χ4n) is 2.87. The van der Waals surface area contributed by atoms with E-state index in [0.29, 0.717) is 12.1 Å². The summed E-state index contributed by atoms with van der Waals surface area (Å²) in [4.78, 5) is 4.86. The van der Waals surface area contributed by atoms with Crippen LogP contribution < -0.4 is 5.73 Å². The highest BCUT2D eigenvalue weighted by Gasteiger charge is 2.29. The van der Waals surface area contributed by atoms with Gasteiger partial charge in [0.05, 0.1) is 6.61 Å². The first-order valence-electron chi connectivity index (χ1n) is 6.42. The quantitative estimate of drug-likeness (QED) is 0.744. The topological polar surface area (TPSA) is 41.7 Å². The minimum Gasteiger partial charge on any atom is -0.380 e. The Labute approximate surface area is 98.7 Å². The van der Waals surface area contributed by atoms with Crippen molar-refractivity contribution in [3.8, 4) is 0 Å². The van der Waals surface area contributed by atoms with Gasteiger partial charge in [-0.25, -0.2) is 0 Å². The average Bonchev–Trinajstić information content (AvgIpc) is 2.65. The summed E-state index contributed by atoms with van der Waals surface area (Å²) in [5.41, 5.74) is 6.15. The van der Waals surface area contributed by atoms with E-state index < -0.39 is 0 Å². The SMILES string of the molecule is CN1CCCC1CN(C)C1COCCC1N. The second-order valence-corrected chi connectivity index (χ2v) is 5.31. The average molecular weight is 227 g/mol. The van der Waals surface area contributed by atoms with E-state index in [2.05, 4.69) is 23.9 Å². The second-order valence-electron chi connectivity index (χ2n) is 5.31. The molecule has 4 heteroatoms. The fraction of sp³-hybridized carbons (Fsp3) is 1.00. The second kappa shape index (κ2) is 5.45. The lowest BCUT2D eigenvalue weighted by molar-refractivity contribution is 0.00931. The Hall–Kier alpha value is -0.160. The summed E-state index contributed by atoms with van der Waals surface area (Å²) in [5.74, 6) is 0. The van der Waals surface area contributed by atoms with Gasteiger partial charge in [-0.05, 0) is 39.9 Å². The van der Waals surface area contributed by atoms with Gasteiger partial charge in [0.15, 0.2) is 0 Å². The third-order valence-electron chi connectivity index (χ3n) is 4.11. The Bertz CT molecular complexity index is 224. The van der Waals surface area contributed by atoms with E-state index in [4.69, 9.17) is 10.5 Å². The Balaban J connectivity index is 1.84. The number of hydrogen-bond acceptors (Lipinski definition) is 4. The van der Waals surface area contributed by atoms with Gasteiger partial charge in [-0.15, -0.1) is 0 Å². The standard InChI is InChI=1S/C12H25N3O/c1-14-6-3-4-10(14)8-15(2)12-9-16-7-5-11(12)13/h10-12H,3-9,13H2,1-2H3. The van der Waals surface area contributed by atoms with E-state index in [9.17, 15) is 0 Å². The van der Waals surface area contributed by atoms with Gasteiger partial charge in [0.1, 0.15) is 0 Å². The molecule has 3 atom stereocenters. The van der Waals surface area contributed by atoms with Crippen LogP contribution in [0.2, 0.25) is 0 Å². The minimum absolute atomic E-state index is 0.283. The molecule has 0 aromatic heterocycles. The fourth-order valence-corrected chi connectivity index (χ4v) is 2.87. The molecule has 94 valence electrons. The van der Waals surface area contributed by atoms with Crippen LogP contribution in [0.3, 0.4) is 0 Å². The van der Waals surface area contributed by atoms with Crippen LogP contribution in [0.5, 0.6) is 0 Å². The number of ether oxygens (including phenoxy) is 1. The van der Waals surface area contributed by atoms with E-state index in [1.807, 2.05) is 0 Å². The first-order chi connectivity index (χ1) is 7.68. The lowest BCUT2D eigenvalue weighted by Crippen LogP contribution is -2.54. The number of likely N-dealkylation sites (N-methyl/N-ethyl adjacent to an activating group) is 2. The zero-order valence-electron chi connectivity index (χ0n) is 10.6. The van der Waals surface area contributed by atoms with Gasteiger partial charge in [-0.1, -0.05) is 0 Å². The normalized spacial score (nSPS) is 37.1. The summed E-state index contributed by atoms with van der Waals surface area (Å²) in [6.07, 6.45) is 3.65. The van der Waals surface area contributed by atoms with Gasteiger partial charge in [-0.3, -0.25) is 4.90 Å². The maximum atomic E-state index is 6.15. The van der Waals surface area contributed by atoms with Crippen LogP contribution in [0.4, 0.5) is 0 Å². The van der Waals surface area contributed by atoms with Crippen LogP contribution in [0.15, 0.2) is 0 Å². The Morgan fingerprint density at radius 3 is 2.88 bits per heavy atom. The van der Waals surface area contributed by atoms with Gasteiger partial charge in [-0.2, -0.15) is 0 Å². The van der Waals surface area contributed by atoms with Crippen molar-refractivity contribution in [1.29, 1.82) is 0 Å². The summed E-state index contributed by atoms with van der Waals surface area (Å²) in [6.45, 7) is 3.99. The summed E-state index contributed by atoms with van der Waals surface area (Å²) in [6, 6.07) is 1.40. The highest BCUT2D eigenvalue weighted by atomic mass is 16.5. The monoisotopic (exact) mass is 227 g/mol. The van der Waals surface area contributed by atoms with Crippen molar-refractivity contribution < 1.29 is 4.74 Å². The smallest absolute Gasteiger partial charge is 0.0636 e. The van der Waals surface area contributed by atoms with Crippen molar-refractivity contribution >= 4 is 0 Å². The number of nitrogens with two attached hydrogens (primary N) is 1. The van der Waals surface area contributed by atoms with Gasteiger partial charge in [0.25, 0.3) is 0 Å². The van der Waals surface area contributed by atoms with E-state index in [0.717, 1.165) is 26.2 Å². The molecule has 2 heterocycles. The first-order valence-corrected chi connectivity index (χ1v) is 6.42. The summed E-state index contributed by atoms with van der Waals surface area (Å²) >= 11 is 0. The largest absolute Gasteiger partial charge is 0.380 e. The molecular formula is C12H25N3O. The van der Waals surface area contributed by atoms with Crippen LogP contribution >= 0.6 is 0 Å². The molecule has 2 rings (SSSR count). The molecule has 0 bridgehead atoms. The number of rotatable bonds is 3. The lowest BCUT2D eigenvalue weighted by atomic mass is 10.0. The van der Waals surface area contributed by atoms with Crippen molar-refractivity contribution in [3.63, 3.8) is 0 Å². The van der Waals surface area contributed by atoms with Gasteiger partial charge in [0, 0.05) is 31.3 Å². The van der Waals surface area contributed by atoms with Crippen molar-refractivity contribution in [3.05, 3.63) is 0 Å². The maximum absolute atomic E-state index is 6.15. The van der Waals surface area contributed by atoms with Crippen molar-refractivity contribution in [1.82, 2.24) is 9.80 Å². The first kappa shape index (κ1) is 12.3. The van der Waals surface area contributed by atoms with E-state index in [1.165, 1.54) is 19.4 Å². The third-order valence-corrected chi connectivity index (χ3v) is 4.11. The van der Waals surface area contributed by atoms with Gasteiger partial charge >= 0.3 is 0 Å². The maximum Gasteiger partial charge on any atom is 0.0636 e. The molecule has 2 aliphatic rings. The van der Waals surface area contributed by atoms with Crippen molar-refractivity contribution in [2.24, 2.45) is 5.73 Å². The molecule has 2 saturated heterocycles. The Morgan fingerprint density at radius 2 is 2.25 bits per heavy atom. The van der Waals surface area contributed by atoms with Gasteiger partial charge < -0.3 is 15.4 Å². The van der Waals surface area contributed by atoms with E-state index in [1.54, 1.807) is 0 Å². The molecule has 0 amide bonds. The molecule has 2 fully saturated rings. The molecule has 0 aromatic carbocycles. The molecule has 0 radical (unpaired) electrons.